The van der Waals surface area contributed by atoms with Crippen molar-refractivity contribution in [3.63, 3.8) is 0 Å². The number of hydrogen-bond acceptors (Lipinski definition) is 2. The molecule has 1 fully saturated rings. The van der Waals surface area contributed by atoms with Crippen LogP contribution in [0.5, 0.6) is 0 Å². The van der Waals surface area contributed by atoms with Gasteiger partial charge in [-0.25, -0.2) is 4.39 Å². The molecule has 21 heavy (non-hydrogen) atoms. The molecule has 1 aromatic carbocycles. The Morgan fingerprint density at radius 1 is 1.14 bits per heavy atom. The lowest BCUT2D eigenvalue weighted by atomic mass is 9.75. The molecule has 3 rings (SSSR count). The molecule has 1 nitrogen and oxygen atoms in total. The molecule has 1 heterocycles. The molecular weight excluding hydrogens is 281 g/mol. The molecule has 112 valence electrons. The van der Waals surface area contributed by atoms with Crippen molar-refractivity contribution in [2.24, 2.45) is 5.92 Å². The highest BCUT2D eigenvalue weighted by Crippen LogP contribution is 2.40. The molecule has 1 N–H and O–H groups in total. The third-order valence-electron chi connectivity index (χ3n) is 4.41. The van der Waals surface area contributed by atoms with Gasteiger partial charge < -0.3 is 5.32 Å². The molecule has 0 aliphatic heterocycles. The van der Waals surface area contributed by atoms with Crippen molar-refractivity contribution in [1.29, 1.82) is 0 Å². The van der Waals surface area contributed by atoms with Gasteiger partial charge >= 0.3 is 0 Å². The molecule has 1 aliphatic carbocycles. The summed E-state index contributed by atoms with van der Waals surface area (Å²) in [7, 11) is 0. The van der Waals surface area contributed by atoms with E-state index < -0.39 is 0 Å². The summed E-state index contributed by atoms with van der Waals surface area (Å²) in [6.45, 7) is 4.51. The van der Waals surface area contributed by atoms with Crippen molar-refractivity contribution in [3.05, 3.63) is 58.0 Å². The van der Waals surface area contributed by atoms with Crippen LogP contribution in [-0.2, 0) is 0 Å². The highest BCUT2D eigenvalue weighted by molar-refractivity contribution is 7.10. The maximum atomic E-state index is 13.8. The van der Waals surface area contributed by atoms with E-state index in [-0.39, 0.29) is 5.82 Å². The Hall–Kier alpha value is -1.19. The van der Waals surface area contributed by atoms with E-state index in [9.17, 15) is 4.39 Å². The van der Waals surface area contributed by atoms with Crippen molar-refractivity contribution >= 4 is 11.3 Å². The molecule has 1 saturated carbocycles. The third kappa shape index (κ3) is 3.19. The Kier molecular flexibility index (Phi) is 4.41. The number of thiophene rings is 1. The Labute approximate surface area is 130 Å². The first-order chi connectivity index (χ1) is 10.1. The second-order valence-corrected chi connectivity index (χ2v) is 7.27. The quantitative estimate of drug-likeness (QED) is 0.808. The summed E-state index contributed by atoms with van der Waals surface area (Å²) in [5.74, 6) is 0.885. The summed E-state index contributed by atoms with van der Waals surface area (Å²) in [4.78, 5) is 1.40. The first-order valence-electron chi connectivity index (χ1n) is 7.69. The molecule has 2 aromatic rings. The highest BCUT2D eigenvalue weighted by Gasteiger charge is 2.34. The van der Waals surface area contributed by atoms with E-state index in [0.29, 0.717) is 23.9 Å². The van der Waals surface area contributed by atoms with Gasteiger partial charge in [0.15, 0.2) is 0 Å². The van der Waals surface area contributed by atoms with Crippen molar-refractivity contribution in [3.8, 4) is 0 Å². The molecule has 1 atom stereocenters. The molecule has 0 spiro atoms. The molecule has 3 heteroatoms. The highest BCUT2D eigenvalue weighted by atomic mass is 32.1. The van der Waals surface area contributed by atoms with Crippen molar-refractivity contribution < 1.29 is 4.39 Å². The average molecular weight is 303 g/mol. The lowest BCUT2D eigenvalue weighted by Crippen LogP contribution is -2.43. The van der Waals surface area contributed by atoms with Gasteiger partial charge in [0.05, 0.1) is 0 Å². The summed E-state index contributed by atoms with van der Waals surface area (Å²) in [5.41, 5.74) is 0.882. The van der Waals surface area contributed by atoms with Crippen LogP contribution in [0.25, 0.3) is 0 Å². The predicted molar refractivity (Wildman–Crippen MR) is 87.2 cm³/mol. The summed E-state index contributed by atoms with van der Waals surface area (Å²) in [5, 5.41) is 5.90. The molecule has 0 radical (unpaired) electrons. The van der Waals surface area contributed by atoms with E-state index in [1.807, 2.05) is 23.5 Å². The summed E-state index contributed by atoms with van der Waals surface area (Å²) >= 11 is 1.81. The summed E-state index contributed by atoms with van der Waals surface area (Å²) in [6, 6.07) is 12.4. The Bertz CT molecular complexity index is 573. The number of benzene rings is 1. The van der Waals surface area contributed by atoms with Gasteiger partial charge in [0, 0.05) is 17.0 Å². The van der Waals surface area contributed by atoms with Crippen LogP contribution in [0.1, 0.15) is 49.1 Å². The van der Waals surface area contributed by atoms with Crippen LogP contribution in [0.3, 0.4) is 0 Å². The fourth-order valence-electron chi connectivity index (χ4n) is 3.14. The fourth-order valence-corrected chi connectivity index (χ4v) is 4.10. The van der Waals surface area contributed by atoms with Crippen molar-refractivity contribution in [2.45, 2.75) is 44.7 Å². The lowest BCUT2D eigenvalue weighted by molar-refractivity contribution is 0.240. The average Bonchev–Trinajstić information content (AvgIpc) is 2.92. The minimum atomic E-state index is -0.0559. The van der Waals surface area contributed by atoms with E-state index >= 15 is 0 Å². The summed E-state index contributed by atoms with van der Waals surface area (Å²) < 4.78 is 13.8. The van der Waals surface area contributed by atoms with Crippen LogP contribution in [0.15, 0.2) is 41.8 Å². The monoisotopic (exact) mass is 303 g/mol. The van der Waals surface area contributed by atoms with Gasteiger partial charge in [-0.1, -0.05) is 38.1 Å². The molecule has 1 aliphatic rings. The van der Waals surface area contributed by atoms with E-state index in [1.165, 1.54) is 4.88 Å². The molecule has 0 bridgehead atoms. The SMILES string of the molecule is CC(C)C(NC1CC(c2ccccc2F)C1)c1cccs1. The van der Waals surface area contributed by atoms with Crippen molar-refractivity contribution in [2.75, 3.05) is 0 Å². The Morgan fingerprint density at radius 2 is 1.90 bits per heavy atom. The lowest BCUT2D eigenvalue weighted by Gasteiger charge is -2.39. The fraction of sp³-hybridized carbons (Fsp3) is 0.444. The minimum absolute atomic E-state index is 0.0559. The van der Waals surface area contributed by atoms with Crippen molar-refractivity contribution in [1.82, 2.24) is 5.32 Å². The number of nitrogens with one attached hydrogen (secondary N) is 1. The largest absolute Gasteiger partial charge is 0.306 e. The number of hydrogen-bond donors (Lipinski definition) is 1. The van der Waals surface area contributed by atoms with Crippen LogP contribution in [0.4, 0.5) is 4.39 Å². The zero-order chi connectivity index (χ0) is 14.8. The van der Waals surface area contributed by atoms with Crippen LogP contribution in [0.2, 0.25) is 0 Å². The second kappa shape index (κ2) is 6.29. The second-order valence-electron chi connectivity index (χ2n) is 6.29. The molecule has 0 saturated heterocycles. The van der Waals surface area contributed by atoms with Gasteiger partial charge in [-0.15, -0.1) is 11.3 Å². The van der Waals surface area contributed by atoms with E-state index in [1.54, 1.807) is 12.1 Å². The van der Waals surface area contributed by atoms with Gasteiger partial charge in [0.1, 0.15) is 5.82 Å². The van der Waals surface area contributed by atoms with Crippen LogP contribution < -0.4 is 5.32 Å². The minimum Gasteiger partial charge on any atom is -0.306 e. The van der Waals surface area contributed by atoms with Crippen LogP contribution >= 0.6 is 11.3 Å². The van der Waals surface area contributed by atoms with Crippen LogP contribution in [0, 0.1) is 11.7 Å². The van der Waals surface area contributed by atoms with Gasteiger partial charge in [0.25, 0.3) is 0 Å². The number of halogens is 1. The predicted octanol–water partition coefficient (Wildman–Crippen LogP) is 5.12. The first kappa shape index (κ1) is 14.7. The Morgan fingerprint density at radius 3 is 2.52 bits per heavy atom. The van der Waals surface area contributed by atoms with E-state index in [0.717, 1.165) is 18.4 Å². The van der Waals surface area contributed by atoms with E-state index in [4.69, 9.17) is 0 Å². The van der Waals surface area contributed by atoms with Gasteiger partial charge in [-0.05, 0) is 47.8 Å². The maximum absolute atomic E-state index is 13.8. The van der Waals surface area contributed by atoms with Crippen LogP contribution in [-0.4, -0.2) is 6.04 Å². The zero-order valence-corrected chi connectivity index (χ0v) is 13.4. The van der Waals surface area contributed by atoms with Gasteiger partial charge in [-0.2, -0.15) is 0 Å². The third-order valence-corrected chi connectivity index (χ3v) is 5.37. The molecular formula is C18H22FNS. The maximum Gasteiger partial charge on any atom is 0.126 e. The van der Waals surface area contributed by atoms with Gasteiger partial charge in [-0.3, -0.25) is 0 Å². The molecule has 0 amide bonds. The first-order valence-corrected chi connectivity index (χ1v) is 8.57. The Balaban J connectivity index is 1.60. The number of rotatable bonds is 5. The van der Waals surface area contributed by atoms with Gasteiger partial charge in [0.2, 0.25) is 0 Å². The zero-order valence-electron chi connectivity index (χ0n) is 12.6. The standard InChI is InChI=1S/C18H22FNS/c1-12(2)18(17-8-5-9-21-17)20-14-10-13(11-14)15-6-3-4-7-16(15)19/h3-9,12-14,18,20H,10-11H2,1-2H3. The molecule has 1 aromatic heterocycles. The smallest absolute Gasteiger partial charge is 0.126 e. The normalized spacial score (nSPS) is 23.0. The molecule has 1 unspecified atom stereocenters. The summed E-state index contributed by atoms with van der Waals surface area (Å²) in [6.07, 6.45) is 2.07. The van der Waals surface area contributed by atoms with E-state index in [2.05, 4.69) is 36.7 Å². The topological polar surface area (TPSA) is 12.0 Å².